The van der Waals surface area contributed by atoms with Gasteiger partial charge in [0.15, 0.2) is 0 Å². The molecule has 24 heavy (non-hydrogen) atoms. The van der Waals surface area contributed by atoms with E-state index in [9.17, 15) is 9.59 Å². The average molecular weight is 343 g/mol. The standard InChI is InChI=1S/C19H39N3O2/c1-3-5-7-9-11-13-15-20-17-18(23)22-19(24)21-16-14-12-10-8-6-4-2/h20H,3-17H2,1-2H3,(H2,21,22,23,24)/i15D/t15-/m0/s1. The predicted octanol–water partition coefficient (Wildman–Crippen LogP) is 4.12. The lowest BCUT2D eigenvalue weighted by molar-refractivity contribution is -0.119. The lowest BCUT2D eigenvalue weighted by atomic mass is 10.1. The number of hydrogen-bond donors (Lipinski definition) is 3. The molecule has 0 bridgehead atoms. The number of nitrogens with one attached hydrogen (secondary N) is 3. The van der Waals surface area contributed by atoms with Gasteiger partial charge in [0.2, 0.25) is 5.91 Å². The lowest BCUT2D eigenvalue weighted by Crippen LogP contribution is -2.43. The molecule has 0 rings (SSSR count). The molecule has 0 aromatic rings. The molecule has 0 radical (unpaired) electrons. The van der Waals surface area contributed by atoms with Crippen molar-refractivity contribution < 1.29 is 11.0 Å². The van der Waals surface area contributed by atoms with Crippen molar-refractivity contribution in [3.05, 3.63) is 0 Å². The third kappa shape index (κ3) is 17.3. The molecule has 0 aliphatic rings. The van der Waals surface area contributed by atoms with Crippen LogP contribution in [0.3, 0.4) is 0 Å². The molecule has 0 aliphatic heterocycles. The predicted molar refractivity (Wildman–Crippen MR) is 101 cm³/mol. The number of carbonyl (C=O) groups is 2. The van der Waals surface area contributed by atoms with Crippen molar-refractivity contribution in [2.24, 2.45) is 0 Å². The van der Waals surface area contributed by atoms with Gasteiger partial charge in [-0.15, -0.1) is 0 Å². The van der Waals surface area contributed by atoms with Gasteiger partial charge in [0, 0.05) is 7.92 Å². The van der Waals surface area contributed by atoms with Crippen molar-refractivity contribution in [1.29, 1.82) is 0 Å². The molecule has 0 fully saturated rings. The van der Waals surface area contributed by atoms with Crippen LogP contribution in [0.1, 0.15) is 92.3 Å². The van der Waals surface area contributed by atoms with Crippen LogP contribution in [0.15, 0.2) is 0 Å². The highest BCUT2D eigenvalue weighted by atomic mass is 16.2. The van der Waals surface area contributed by atoms with Gasteiger partial charge in [-0.25, -0.2) is 4.79 Å². The van der Waals surface area contributed by atoms with E-state index >= 15 is 0 Å². The van der Waals surface area contributed by atoms with Crippen LogP contribution < -0.4 is 16.0 Å². The molecule has 0 aromatic heterocycles. The molecule has 0 spiro atoms. The van der Waals surface area contributed by atoms with E-state index in [0.29, 0.717) is 6.54 Å². The van der Waals surface area contributed by atoms with E-state index in [1.165, 1.54) is 44.9 Å². The zero-order valence-corrected chi connectivity index (χ0v) is 15.8. The maximum atomic E-state index is 11.7. The summed E-state index contributed by atoms with van der Waals surface area (Å²) in [7, 11) is 0. The molecule has 142 valence electrons. The van der Waals surface area contributed by atoms with E-state index in [2.05, 4.69) is 29.8 Å². The van der Waals surface area contributed by atoms with Gasteiger partial charge in [-0.2, -0.15) is 0 Å². The molecular weight excluding hydrogens is 302 g/mol. The Hall–Kier alpha value is -1.10. The van der Waals surface area contributed by atoms with Crippen LogP contribution in [-0.2, 0) is 4.79 Å². The Morgan fingerprint density at radius 2 is 1.33 bits per heavy atom. The Balaban J connectivity index is 3.52. The monoisotopic (exact) mass is 342 g/mol. The van der Waals surface area contributed by atoms with Gasteiger partial charge in [-0.1, -0.05) is 78.1 Å². The molecule has 3 N–H and O–H groups in total. The van der Waals surface area contributed by atoms with Gasteiger partial charge in [-0.3, -0.25) is 10.1 Å². The molecule has 0 saturated carbocycles. The smallest absolute Gasteiger partial charge is 0.321 e. The summed E-state index contributed by atoms with van der Waals surface area (Å²) in [5.41, 5.74) is 0. The van der Waals surface area contributed by atoms with E-state index in [-0.39, 0.29) is 12.5 Å². The summed E-state index contributed by atoms with van der Waals surface area (Å²) in [6.45, 7) is 4.52. The van der Waals surface area contributed by atoms with Crippen molar-refractivity contribution in [3.63, 3.8) is 0 Å². The maximum Gasteiger partial charge on any atom is 0.321 e. The summed E-state index contributed by atoms with van der Waals surface area (Å²) >= 11 is 0. The van der Waals surface area contributed by atoms with Gasteiger partial charge in [0.1, 0.15) is 0 Å². The summed E-state index contributed by atoms with van der Waals surface area (Å²) < 4.78 is 7.84. The highest BCUT2D eigenvalue weighted by molar-refractivity contribution is 5.95. The van der Waals surface area contributed by atoms with Crippen LogP contribution in [0.25, 0.3) is 0 Å². The van der Waals surface area contributed by atoms with Crippen LogP contribution >= 0.6 is 0 Å². The Morgan fingerprint density at radius 3 is 1.96 bits per heavy atom. The molecule has 5 nitrogen and oxygen atoms in total. The molecule has 0 heterocycles. The Morgan fingerprint density at radius 1 is 0.792 bits per heavy atom. The quantitative estimate of drug-likeness (QED) is 0.369. The number of rotatable bonds is 16. The van der Waals surface area contributed by atoms with E-state index in [0.717, 1.165) is 32.1 Å². The first kappa shape index (κ1) is 20.9. The summed E-state index contributed by atoms with van der Waals surface area (Å²) in [5.74, 6) is -0.385. The van der Waals surface area contributed by atoms with Crippen molar-refractivity contribution in [2.45, 2.75) is 90.9 Å². The minimum absolute atomic E-state index is 0.00750. The van der Waals surface area contributed by atoms with Crippen LogP contribution in [-0.4, -0.2) is 31.5 Å². The molecule has 1 atom stereocenters. The van der Waals surface area contributed by atoms with Gasteiger partial charge >= 0.3 is 6.03 Å². The van der Waals surface area contributed by atoms with Gasteiger partial charge in [0.25, 0.3) is 0 Å². The molecule has 0 aliphatic carbocycles. The highest BCUT2D eigenvalue weighted by Gasteiger charge is 2.06. The third-order valence-corrected chi connectivity index (χ3v) is 3.93. The molecule has 3 amide bonds. The fourth-order valence-corrected chi connectivity index (χ4v) is 2.44. The number of unbranched alkanes of at least 4 members (excludes halogenated alkanes) is 9. The Labute approximate surface area is 150 Å². The fourth-order valence-electron chi connectivity index (χ4n) is 2.44. The second-order valence-corrected chi connectivity index (χ2v) is 6.36. The van der Waals surface area contributed by atoms with Crippen molar-refractivity contribution in [1.82, 2.24) is 16.0 Å². The highest BCUT2D eigenvalue weighted by Crippen LogP contribution is 2.04. The minimum atomic E-state index is -0.446. The maximum absolute atomic E-state index is 11.7. The third-order valence-electron chi connectivity index (χ3n) is 3.93. The number of carbonyl (C=O) groups excluding carboxylic acids is 2. The molecule has 0 unspecified atom stereocenters. The molecule has 5 heteroatoms. The van der Waals surface area contributed by atoms with E-state index in [1.807, 2.05) is 0 Å². The van der Waals surface area contributed by atoms with E-state index < -0.39 is 12.6 Å². The zero-order valence-electron chi connectivity index (χ0n) is 16.8. The Bertz CT molecular complexity index is 341. The number of imide groups is 1. The second kappa shape index (κ2) is 18.2. The largest absolute Gasteiger partial charge is 0.338 e. The normalized spacial score (nSPS) is 12.5. The van der Waals surface area contributed by atoms with Crippen molar-refractivity contribution >= 4 is 11.9 Å². The van der Waals surface area contributed by atoms with E-state index in [1.54, 1.807) is 0 Å². The van der Waals surface area contributed by atoms with E-state index in [4.69, 9.17) is 1.37 Å². The van der Waals surface area contributed by atoms with Crippen LogP contribution in [0, 0.1) is 0 Å². The summed E-state index contributed by atoms with van der Waals surface area (Å²) in [4.78, 5) is 23.3. The van der Waals surface area contributed by atoms with Gasteiger partial charge in [-0.05, 0) is 19.4 Å². The first-order valence-electron chi connectivity index (χ1n) is 10.4. The first-order chi connectivity index (χ1) is 12.1. The summed E-state index contributed by atoms with van der Waals surface area (Å²) in [6, 6.07) is -0.443. The summed E-state index contributed by atoms with van der Waals surface area (Å²) in [5, 5.41) is 7.85. The van der Waals surface area contributed by atoms with Crippen LogP contribution in [0.2, 0.25) is 0 Å². The summed E-state index contributed by atoms with van der Waals surface area (Å²) in [6.07, 6.45) is 13.5. The molecule has 0 aromatic carbocycles. The first-order valence-corrected chi connectivity index (χ1v) is 9.83. The van der Waals surface area contributed by atoms with Crippen molar-refractivity contribution in [2.75, 3.05) is 19.6 Å². The Kier molecular flexibility index (Phi) is 15.9. The zero-order chi connectivity index (χ0) is 18.8. The molecule has 0 saturated heterocycles. The van der Waals surface area contributed by atoms with Crippen LogP contribution in [0.4, 0.5) is 4.79 Å². The second-order valence-electron chi connectivity index (χ2n) is 6.36. The number of hydrogen-bond acceptors (Lipinski definition) is 3. The fraction of sp³-hybridized carbons (Fsp3) is 0.895. The SMILES string of the molecule is [2H][C@@H](CCCCCCC)NCC(=O)NC(=O)NCCCCCCCC. The van der Waals surface area contributed by atoms with Crippen LogP contribution in [0.5, 0.6) is 0 Å². The topological polar surface area (TPSA) is 70.2 Å². The van der Waals surface area contributed by atoms with Gasteiger partial charge in [0.05, 0.1) is 6.54 Å². The van der Waals surface area contributed by atoms with Crippen molar-refractivity contribution in [3.8, 4) is 0 Å². The number of amides is 3. The average Bonchev–Trinajstić information content (AvgIpc) is 2.59. The lowest BCUT2D eigenvalue weighted by Gasteiger charge is -2.08. The number of urea groups is 1. The van der Waals surface area contributed by atoms with Gasteiger partial charge < -0.3 is 10.6 Å². The molecular formula is C19H39N3O2. The minimum Gasteiger partial charge on any atom is -0.338 e.